The third kappa shape index (κ3) is 5.74. The van der Waals surface area contributed by atoms with E-state index in [4.69, 9.17) is 16.3 Å². The number of hydrogen-bond acceptors (Lipinski definition) is 2. The van der Waals surface area contributed by atoms with Gasteiger partial charge in [0.05, 0.1) is 6.61 Å². The van der Waals surface area contributed by atoms with Crippen molar-refractivity contribution in [2.45, 2.75) is 26.7 Å². The van der Waals surface area contributed by atoms with E-state index < -0.39 is 0 Å². The van der Waals surface area contributed by atoms with Crippen molar-refractivity contribution in [1.82, 2.24) is 4.90 Å². The maximum absolute atomic E-state index is 6.06. The van der Waals surface area contributed by atoms with Crippen LogP contribution in [0, 0.1) is 5.92 Å². The van der Waals surface area contributed by atoms with Crippen LogP contribution in [-0.4, -0.2) is 32.1 Å². The molecule has 0 saturated heterocycles. The highest BCUT2D eigenvalue weighted by Crippen LogP contribution is 2.24. The van der Waals surface area contributed by atoms with Gasteiger partial charge in [-0.1, -0.05) is 25.4 Å². The second-order valence-electron chi connectivity index (χ2n) is 5.36. The summed E-state index contributed by atoms with van der Waals surface area (Å²) >= 11 is 6.06. The first-order valence-electron chi connectivity index (χ1n) is 6.55. The molecule has 0 aliphatic rings. The Morgan fingerprint density at radius 1 is 1.28 bits per heavy atom. The molecule has 18 heavy (non-hydrogen) atoms. The minimum Gasteiger partial charge on any atom is -0.493 e. The first-order chi connectivity index (χ1) is 8.49. The van der Waals surface area contributed by atoms with Crippen molar-refractivity contribution in [3.8, 4) is 5.75 Å². The molecule has 0 N–H and O–H groups in total. The van der Waals surface area contributed by atoms with Crippen LogP contribution < -0.4 is 4.74 Å². The lowest BCUT2D eigenvalue weighted by Gasteiger charge is -2.14. The number of rotatable bonds is 7. The third-order valence-corrected chi connectivity index (χ3v) is 2.88. The van der Waals surface area contributed by atoms with Gasteiger partial charge in [0.2, 0.25) is 0 Å². The first kappa shape index (κ1) is 15.3. The van der Waals surface area contributed by atoms with Gasteiger partial charge in [0, 0.05) is 5.02 Å². The zero-order valence-electron chi connectivity index (χ0n) is 11.9. The lowest BCUT2D eigenvalue weighted by atomic mass is 10.1. The Balaban J connectivity index is 2.64. The van der Waals surface area contributed by atoms with Crippen LogP contribution >= 0.6 is 11.6 Å². The van der Waals surface area contributed by atoms with E-state index in [1.54, 1.807) is 0 Å². The first-order valence-corrected chi connectivity index (χ1v) is 6.92. The molecule has 3 heteroatoms. The Bertz CT molecular complexity index is 364. The van der Waals surface area contributed by atoms with Crippen molar-refractivity contribution < 1.29 is 4.74 Å². The lowest BCUT2D eigenvalue weighted by Crippen LogP contribution is -2.14. The van der Waals surface area contributed by atoms with Crippen molar-refractivity contribution in [3.63, 3.8) is 0 Å². The molecule has 0 aliphatic heterocycles. The third-order valence-electron chi connectivity index (χ3n) is 2.65. The van der Waals surface area contributed by atoms with Crippen LogP contribution in [0.5, 0.6) is 5.75 Å². The fraction of sp³-hybridized carbons (Fsp3) is 0.600. The lowest BCUT2D eigenvalue weighted by molar-refractivity contribution is 0.268. The van der Waals surface area contributed by atoms with Gasteiger partial charge in [-0.3, -0.25) is 0 Å². The highest BCUT2D eigenvalue weighted by atomic mass is 35.5. The number of benzene rings is 1. The second-order valence-corrected chi connectivity index (χ2v) is 5.80. The topological polar surface area (TPSA) is 12.5 Å². The van der Waals surface area contributed by atoms with Gasteiger partial charge < -0.3 is 9.64 Å². The highest BCUT2D eigenvalue weighted by Gasteiger charge is 2.06. The van der Waals surface area contributed by atoms with Crippen LogP contribution in [0.4, 0.5) is 0 Å². The summed E-state index contributed by atoms with van der Waals surface area (Å²) < 4.78 is 5.84. The molecule has 0 aliphatic carbocycles. The van der Waals surface area contributed by atoms with Crippen molar-refractivity contribution in [2.75, 3.05) is 27.2 Å². The van der Waals surface area contributed by atoms with E-state index in [2.05, 4.69) is 32.8 Å². The molecule has 0 atom stereocenters. The molecule has 1 aromatic carbocycles. The molecule has 0 fully saturated rings. The van der Waals surface area contributed by atoms with Gasteiger partial charge in [-0.05, 0) is 63.2 Å². The average molecular weight is 270 g/mol. The standard InChI is InChI=1S/C15H24ClNO/c1-12(2)11-18-15-8-7-14(16)10-13(15)6-5-9-17(3)4/h7-8,10,12H,5-6,9,11H2,1-4H3. The number of hydrogen-bond donors (Lipinski definition) is 0. The maximum Gasteiger partial charge on any atom is 0.122 e. The molecule has 0 unspecified atom stereocenters. The number of halogens is 1. The normalized spacial score (nSPS) is 11.3. The van der Waals surface area contributed by atoms with Crippen molar-refractivity contribution in [2.24, 2.45) is 5.92 Å². The molecule has 0 spiro atoms. The van der Waals surface area contributed by atoms with Crippen LogP contribution in [-0.2, 0) is 6.42 Å². The fourth-order valence-corrected chi connectivity index (χ4v) is 1.92. The van der Waals surface area contributed by atoms with E-state index in [0.717, 1.165) is 36.8 Å². The van der Waals surface area contributed by atoms with E-state index in [1.165, 1.54) is 5.56 Å². The molecule has 0 amide bonds. The van der Waals surface area contributed by atoms with E-state index in [0.29, 0.717) is 5.92 Å². The van der Waals surface area contributed by atoms with Gasteiger partial charge in [-0.15, -0.1) is 0 Å². The van der Waals surface area contributed by atoms with Crippen molar-refractivity contribution >= 4 is 11.6 Å². The molecule has 0 radical (unpaired) electrons. The predicted molar refractivity (Wildman–Crippen MR) is 78.7 cm³/mol. The number of nitrogens with zero attached hydrogens (tertiary/aromatic N) is 1. The summed E-state index contributed by atoms with van der Waals surface area (Å²) in [6.45, 7) is 6.14. The second kappa shape index (κ2) is 7.65. The fourth-order valence-electron chi connectivity index (χ4n) is 1.73. The highest BCUT2D eigenvalue weighted by molar-refractivity contribution is 6.30. The number of ether oxygens (including phenoxy) is 1. The molecule has 2 nitrogen and oxygen atoms in total. The number of aryl methyl sites for hydroxylation is 1. The van der Waals surface area contributed by atoms with Gasteiger partial charge in [0.25, 0.3) is 0 Å². The quantitative estimate of drug-likeness (QED) is 0.745. The molecule has 0 saturated carbocycles. The molecular formula is C15H24ClNO. The van der Waals surface area contributed by atoms with E-state index >= 15 is 0 Å². The predicted octanol–water partition coefficient (Wildman–Crippen LogP) is 3.87. The molecular weight excluding hydrogens is 246 g/mol. The van der Waals surface area contributed by atoms with Crippen LogP contribution in [0.25, 0.3) is 0 Å². The van der Waals surface area contributed by atoms with Crippen molar-refractivity contribution in [1.29, 1.82) is 0 Å². The Morgan fingerprint density at radius 3 is 2.61 bits per heavy atom. The molecule has 102 valence electrons. The summed E-state index contributed by atoms with van der Waals surface area (Å²) in [5, 5.41) is 0.784. The minimum atomic E-state index is 0.537. The van der Waals surface area contributed by atoms with E-state index in [9.17, 15) is 0 Å². The van der Waals surface area contributed by atoms with Crippen LogP contribution in [0.15, 0.2) is 18.2 Å². The van der Waals surface area contributed by atoms with Gasteiger partial charge in [0.15, 0.2) is 0 Å². The smallest absolute Gasteiger partial charge is 0.122 e. The zero-order valence-corrected chi connectivity index (χ0v) is 12.6. The Hall–Kier alpha value is -0.730. The Labute approximate surface area is 116 Å². The van der Waals surface area contributed by atoms with Crippen molar-refractivity contribution in [3.05, 3.63) is 28.8 Å². The average Bonchev–Trinajstić information content (AvgIpc) is 2.27. The maximum atomic E-state index is 6.06. The molecule has 0 aromatic heterocycles. The molecule has 0 bridgehead atoms. The van der Waals surface area contributed by atoms with E-state index in [1.807, 2.05) is 18.2 Å². The molecule has 1 rings (SSSR count). The van der Waals surface area contributed by atoms with Gasteiger partial charge in [-0.2, -0.15) is 0 Å². The summed E-state index contributed by atoms with van der Waals surface area (Å²) in [5.74, 6) is 1.52. The summed E-state index contributed by atoms with van der Waals surface area (Å²) in [7, 11) is 4.18. The molecule has 0 heterocycles. The van der Waals surface area contributed by atoms with Crippen LogP contribution in [0.3, 0.4) is 0 Å². The Morgan fingerprint density at radius 2 is 2.00 bits per heavy atom. The summed E-state index contributed by atoms with van der Waals surface area (Å²) in [5.41, 5.74) is 1.21. The Kier molecular flexibility index (Phi) is 6.51. The van der Waals surface area contributed by atoms with Gasteiger partial charge in [0.1, 0.15) is 5.75 Å². The largest absolute Gasteiger partial charge is 0.493 e. The van der Waals surface area contributed by atoms with E-state index in [-0.39, 0.29) is 0 Å². The summed E-state index contributed by atoms with van der Waals surface area (Å²) in [6, 6.07) is 5.90. The minimum absolute atomic E-state index is 0.537. The van der Waals surface area contributed by atoms with Gasteiger partial charge in [-0.25, -0.2) is 0 Å². The summed E-state index contributed by atoms with van der Waals surface area (Å²) in [4.78, 5) is 2.19. The monoisotopic (exact) mass is 269 g/mol. The SMILES string of the molecule is CC(C)COc1ccc(Cl)cc1CCCN(C)C. The zero-order chi connectivity index (χ0) is 13.5. The molecule has 1 aromatic rings. The van der Waals surface area contributed by atoms with Crippen LogP contribution in [0.2, 0.25) is 5.02 Å². The van der Waals surface area contributed by atoms with Crippen LogP contribution in [0.1, 0.15) is 25.8 Å². The van der Waals surface area contributed by atoms with Gasteiger partial charge >= 0.3 is 0 Å². The summed E-state index contributed by atoms with van der Waals surface area (Å²) in [6.07, 6.45) is 2.12.